The van der Waals surface area contributed by atoms with E-state index >= 15 is 0 Å². The van der Waals surface area contributed by atoms with Crippen molar-refractivity contribution in [2.75, 3.05) is 26.2 Å². The number of ether oxygens (including phenoxy) is 1. The van der Waals surface area contributed by atoms with Crippen LogP contribution in [0, 0.1) is 11.6 Å². The van der Waals surface area contributed by atoms with Crippen LogP contribution in [-0.2, 0) is 19.1 Å². The van der Waals surface area contributed by atoms with Crippen molar-refractivity contribution in [3.63, 3.8) is 0 Å². The van der Waals surface area contributed by atoms with Gasteiger partial charge in [0.2, 0.25) is 11.8 Å². The lowest BCUT2D eigenvalue weighted by molar-refractivity contribution is -0.151. The fourth-order valence-electron chi connectivity index (χ4n) is 4.19. The van der Waals surface area contributed by atoms with Crippen molar-refractivity contribution in [3.8, 4) is 0 Å². The van der Waals surface area contributed by atoms with E-state index in [-0.39, 0.29) is 24.5 Å². The molecule has 2 heterocycles. The van der Waals surface area contributed by atoms with Crippen LogP contribution in [0.15, 0.2) is 24.3 Å². The molecule has 2 amide bonds. The second kappa shape index (κ2) is 9.36. The molecule has 0 spiro atoms. The van der Waals surface area contributed by atoms with Crippen molar-refractivity contribution in [1.82, 2.24) is 9.80 Å². The Morgan fingerprint density at radius 3 is 2.37 bits per heavy atom. The molecule has 8 heteroatoms. The number of halogens is 2. The molecule has 1 atom stereocenters. The first-order valence-electron chi connectivity index (χ1n) is 10.2. The molecule has 0 radical (unpaired) electrons. The van der Waals surface area contributed by atoms with E-state index in [4.69, 9.17) is 4.74 Å². The monoisotopic (exact) mass is 420 g/mol. The lowest BCUT2D eigenvalue weighted by Crippen LogP contribution is -2.53. The minimum absolute atomic E-state index is 0.0594. The Labute approximate surface area is 174 Å². The van der Waals surface area contributed by atoms with Gasteiger partial charge in [0, 0.05) is 38.7 Å². The maximum absolute atomic E-state index is 13.4. The maximum Gasteiger partial charge on any atom is 0.302 e. The van der Waals surface area contributed by atoms with E-state index in [0.29, 0.717) is 32.5 Å². The summed E-state index contributed by atoms with van der Waals surface area (Å²) in [5.41, 5.74) is -0.696. The van der Waals surface area contributed by atoms with Crippen molar-refractivity contribution >= 4 is 23.9 Å². The molecule has 2 aliphatic heterocycles. The first-order valence-corrected chi connectivity index (χ1v) is 10.2. The molecule has 1 unspecified atom stereocenters. The molecular weight excluding hydrogens is 394 g/mol. The number of hydrogen-bond donors (Lipinski definition) is 0. The lowest BCUT2D eigenvalue weighted by Gasteiger charge is -2.38. The third-order valence-electron chi connectivity index (χ3n) is 5.65. The molecule has 2 saturated heterocycles. The van der Waals surface area contributed by atoms with Crippen LogP contribution in [0.25, 0.3) is 6.08 Å². The highest BCUT2D eigenvalue weighted by Crippen LogP contribution is 2.34. The first-order chi connectivity index (χ1) is 14.3. The van der Waals surface area contributed by atoms with Gasteiger partial charge in [-0.2, -0.15) is 0 Å². The molecule has 0 aromatic heterocycles. The van der Waals surface area contributed by atoms with Gasteiger partial charge in [-0.1, -0.05) is 0 Å². The Kier molecular flexibility index (Phi) is 6.84. The number of amides is 2. The molecule has 3 rings (SSSR count). The SMILES string of the molecule is CC(=O)OCC1(CC(=O)N2CCCC2)CCCN1C(=O)/C=C/c1cc(F)cc(F)c1. The highest BCUT2D eigenvalue weighted by Gasteiger charge is 2.46. The van der Waals surface area contributed by atoms with Crippen LogP contribution in [0.5, 0.6) is 0 Å². The zero-order valence-electron chi connectivity index (χ0n) is 17.0. The number of benzene rings is 1. The number of nitrogens with zero attached hydrogens (tertiary/aromatic N) is 2. The number of rotatable bonds is 6. The van der Waals surface area contributed by atoms with E-state index in [1.54, 1.807) is 9.80 Å². The van der Waals surface area contributed by atoms with Crippen LogP contribution in [0.1, 0.15) is 44.6 Å². The summed E-state index contributed by atoms with van der Waals surface area (Å²) in [7, 11) is 0. The van der Waals surface area contributed by atoms with Crippen molar-refractivity contribution < 1.29 is 27.9 Å². The van der Waals surface area contributed by atoms with Crippen LogP contribution in [-0.4, -0.2) is 59.4 Å². The van der Waals surface area contributed by atoms with E-state index in [1.807, 2.05) is 0 Å². The molecule has 6 nitrogen and oxygen atoms in total. The minimum atomic E-state index is -0.917. The van der Waals surface area contributed by atoms with Crippen molar-refractivity contribution in [3.05, 3.63) is 41.5 Å². The van der Waals surface area contributed by atoms with Gasteiger partial charge in [0.15, 0.2) is 0 Å². The average Bonchev–Trinajstić information content (AvgIpc) is 3.34. The Morgan fingerprint density at radius 1 is 1.07 bits per heavy atom. The quantitative estimate of drug-likeness (QED) is 0.524. The lowest BCUT2D eigenvalue weighted by atomic mass is 9.91. The van der Waals surface area contributed by atoms with E-state index in [1.165, 1.54) is 19.1 Å². The summed E-state index contributed by atoms with van der Waals surface area (Å²) in [6, 6.07) is 3.01. The topological polar surface area (TPSA) is 66.9 Å². The summed E-state index contributed by atoms with van der Waals surface area (Å²) in [5.74, 6) is -2.39. The molecule has 162 valence electrons. The Morgan fingerprint density at radius 2 is 1.73 bits per heavy atom. The third kappa shape index (κ3) is 5.23. The Hall–Kier alpha value is -2.77. The van der Waals surface area contributed by atoms with Crippen LogP contribution in [0.3, 0.4) is 0 Å². The van der Waals surface area contributed by atoms with E-state index < -0.39 is 29.0 Å². The molecular formula is C22H26F2N2O4. The zero-order chi connectivity index (χ0) is 21.7. The summed E-state index contributed by atoms with van der Waals surface area (Å²) < 4.78 is 32.0. The highest BCUT2D eigenvalue weighted by molar-refractivity contribution is 5.93. The van der Waals surface area contributed by atoms with Gasteiger partial charge in [-0.25, -0.2) is 8.78 Å². The summed E-state index contributed by atoms with van der Waals surface area (Å²) in [6.07, 6.45) is 5.77. The molecule has 0 N–H and O–H groups in total. The zero-order valence-corrected chi connectivity index (χ0v) is 17.0. The van der Waals surface area contributed by atoms with Gasteiger partial charge in [-0.15, -0.1) is 0 Å². The van der Waals surface area contributed by atoms with Gasteiger partial charge in [0.25, 0.3) is 0 Å². The van der Waals surface area contributed by atoms with Crippen molar-refractivity contribution in [2.45, 2.75) is 44.6 Å². The van der Waals surface area contributed by atoms with Crippen molar-refractivity contribution in [1.29, 1.82) is 0 Å². The van der Waals surface area contributed by atoms with E-state index in [9.17, 15) is 23.2 Å². The highest BCUT2D eigenvalue weighted by atomic mass is 19.1. The average molecular weight is 420 g/mol. The van der Waals surface area contributed by atoms with Gasteiger partial charge in [-0.05, 0) is 49.5 Å². The number of carbonyl (C=O) groups excluding carboxylic acids is 3. The summed E-state index contributed by atoms with van der Waals surface area (Å²) in [4.78, 5) is 40.5. The van der Waals surface area contributed by atoms with Crippen LogP contribution < -0.4 is 0 Å². The predicted molar refractivity (Wildman–Crippen MR) is 106 cm³/mol. The van der Waals surface area contributed by atoms with Crippen LogP contribution >= 0.6 is 0 Å². The second-order valence-electron chi connectivity index (χ2n) is 7.90. The normalized spacial score (nSPS) is 21.4. The van der Waals surface area contributed by atoms with Gasteiger partial charge in [0.1, 0.15) is 18.2 Å². The minimum Gasteiger partial charge on any atom is -0.463 e. The number of esters is 1. The summed E-state index contributed by atoms with van der Waals surface area (Å²) in [5, 5.41) is 0. The maximum atomic E-state index is 13.4. The van der Waals surface area contributed by atoms with E-state index in [0.717, 1.165) is 31.0 Å². The Bertz CT molecular complexity index is 831. The fourth-order valence-corrected chi connectivity index (χ4v) is 4.19. The molecule has 1 aromatic rings. The smallest absolute Gasteiger partial charge is 0.302 e. The summed E-state index contributed by atoms with van der Waals surface area (Å²) >= 11 is 0. The summed E-state index contributed by atoms with van der Waals surface area (Å²) in [6.45, 7) is 3.03. The van der Waals surface area contributed by atoms with Crippen molar-refractivity contribution in [2.24, 2.45) is 0 Å². The predicted octanol–water partition coefficient (Wildman–Crippen LogP) is 2.91. The molecule has 0 aliphatic carbocycles. The van der Waals surface area contributed by atoms with Gasteiger partial charge < -0.3 is 14.5 Å². The number of carbonyl (C=O) groups is 3. The molecule has 0 bridgehead atoms. The molecule has 2 fully saturated rings. The van der Waals surface area contributed by atoms with Gasteiger partial charge in [0.05, 0.1) is 12.0 Å². The van der Waals surface area contributed by atoms with E-state index in [2.05, 4.69) is 0 Å². The Balaban J connectivity index is 1.79. The fraction of sp³-hybridized carbons (Fsp3) is 0.500. The number of likely N-dealkylation sites (tertiary alicyclic amines) is 2. The molecule has 30 heavy (non-hydrogen) atoms. The van der Waals surface area contributed by atoms with Gasteiger partial charge >= 0.3 is 5.97 Å². The third-order valence-corrected chi connectivity index (χ3v) is 5.65. The largest absolute Gasteiger partial charge is 0.463 e. The molecule has 1 aromatic carbocycles. The second-order valence-corrected chi connectivity index (χ2v) is 7.90. The molecule has 0 saturated carbocycles. The molecule has 2 aliphatic rings. The first kappa shape index (κ1) is 21.9. The van der Waals surface area contributed by atoms with Gasteiger partial charge in [-0.3, -0.25) is 14.4 Å². The van der Waals surface area contributed by atoms with Crippen LogP contribution in [0.2, 0.25) is 0 Å². The van der Waals surface area contributed by atoms with Crippen LogP contribution in [0.4, 0.5) is 8.78 Å². The standard InChI is InChI=1S/C22H26F2N2O4/c1-16(27)30-15-22(14-21(29)25-8-2-3-9-25)7-4-10-26(22)20(28)6-5-17-11-18(23)13-19(24)12-17/h5-6,11-13H,2-4,7-10,14-15H2,1H3/b6-5+. The number of hydrogen-bond acceptors (Lipinski definition) is 4.